The fourth-order valence-electron chi connectivity index (χ4n) is 3.11. The zero-order valence-corrected chi connectivity index (χ0v) is 17.8. The topological polar surface area (TPSA) is 67.8 Å². The molecular weight excluding hydrogens is 394 g/mol. The van der Waals surface area contributed by atoms with Gasteiger partial charge in [-0.25, -0.2) is 9.78 Å². The summed E-state index contributed by atoms with van der Waals surface area (Å²) in [7, 11) is 0. The summed E-state index contributed by atoms with van der Waals surface area (Å²) in [6.45, 7) is 8.02. The fraction of sp³-hybridized carbons (Fsp3) is 0.286. The SMILES string of the molecule is Cc1cc(C)cc(Sc2[nH]c(=O)n(Cc3cccc(Cl)n3)c(=O)c2C(C)C)c1. The molecule has 0 saturated heterocycles. The van der Waals surface area contributed by atoms with E-state index in [9.17, 15) is 9.59 Å². The summed E-state index contributed by atoms with van der Waals surface area (Å²) in [5.41, 5.74) is 2.67. The molecule has 0 bridgehead atoms. The average molecular weight is 416 g/mol. The van der Waals surface area contributed by atoms with Crippen molar-refractivity contribution in [2.75, 3.05) is 0 Å². The quantitative estimate of drug-likeness (QED) is 0.491. The van der Waals surface area contributed by atoms with Crippen LogP contribution in [0.1, 0.15) is 42.1 Å². The molecule has 0 spiro atoms. The minimum Gasteiger partial charge on any atom is -0.301 e. The molecule has 0 aliphatic heterocycles. The van der Waals surface area contributed by atoms with Gasteiger partial charge in [0, 0.05) is 4.90 Å². The number of hydrogen-bond donors (Lipinski definition) is 1. The van der Waals surface area contributed by atoms with Gasteiger partial charge in [-0.15, -0.1) is 0 Å². The molecule has 0 unspecified atom stereocenters. The Balaban J connectivity index is 2.07. The summed E-state index contributed by atoms with van der Waals surface area (Å²) in [5.74, 6) is -0.0451. The first kappa shape index (κ1) is 20.4. The minimum atomic E-state index is -0.456. The maximum atomic E-state index is 13.1. The lowest BCUT2D eigenvalue weighted by Crippen LogP contribution is -2.38. The largest absolute Gasteiger partial charge is 0.329 e. The monoisotopic (exact) mass is 415 g/mol. The van der Waals surface area contributed by atoms with Crippen LogP contribution in [0.3, 0.4) is 0 Å². The highest BCUT2D eigenvalue weighted by Crippen LogP contribution is 2.31. The van der Waals surface area contributed by atoms with Crippen molar-refractivity contribution in [2.45, 2.75) is 50.1 Å². The number of benzene rings is 1. The predicted octanol–water partition coefficient (Wildman–Crippen LogP) is 4.52. The van der Waals surface area contributed by atoms with Crippen LogP contribution in [0.25, 0.3) is 0 Å². The lowest BCUT2D eigenvalue weighted by Gasteiger charge is -2.15. The van der Waals surface area contributed by atoms with Gasteiger partial charge < -0.3 is 4.98 Å². The van der Waals surface area contributed by atoms with Crippen LogP contribution in [0.4, 0.5) is 0 Å². The van der Waals surface area contributed by atoms with Crippen LogP contribution in [0, 0.1) is 13.8 Å². The van der Waals surface area contributed by atoms with Gasteiger partial charge in [-0.3, -0.25) is 9.36 Å². The van der Waals surface area contributed by atoms with Gasteiger partial charge in [0.2, 0.25) is 0 Å². The van der Waals surface area contributed by atoms with Gasteiger partial charge in [-0.05, 0) is 55.2 Å². The average Bonchev–Trinajstić information content (AvgIpc) is 2.57. The van der Waals surface area contributed by atoms with Crippen LogP contribution in [0.5, 0.6) is 0 Å². The number of halogens is 1. The smallest absolute Gasteiger partial charge is 0.301 e. The van der Waals surface area contributed by atoms with Gasteiger partial charge in [-0.1, -0.05) is 49.3 Å². The lowest BCUT2D eigenvalue weighted by molar-refractivity contribution is 0.636. The van der Waals surface area contributed by atoms with Crippen molar-refractivity contribution < 1.29 is 0 Å². The molecule has 2 heterocycles. The molecule has 3 rings (SSSR count). The second-order valence-corrected chi connectivity index (χ2v) is 8.57. The van der Waals surface area contributed by atoms with Gasteiger partial charge in [0.05, 0.1) is 22.8 Å². The summed E-state index contributed by atoms with van der Waals surface area (Å²) < 4.78 is 1.18. The fourth-order valence-corrected chi connectivity index (χ4v) is 4.59. The molecule has 0 radical (unpaired) electrons. The zero-order valence-electron chi connectivity index (χ0n) is 16.2. The summed E-state index contributed by atoms with van der Waals surface area (Å²) in [4.78, 5) is 33.9. The molecule has 7 heteroatoms. The number of H-pyrrole nitrogens is 1. The summed E-state index contributed by atoms with van der Waals surface area (Å²) >= 11 is 7.34. The van der Waals surface area contributed by atoms with Gasteiger partial charge >= 0.3 is 5.69 Å². The van der Waals surface area contributed by atoms with Gasteiger partial charge in [-0.2, -0.15) is 0 Å². The van der Waals surface area contributed by atoms with E-state index in [1.807, 2.05) is 39.8 Å². The van der Waals surface area contributed by atoms with Crippen LogP contribution in [0.15, 0.2) is 55.9 Å². The molecule has 5 nitrogen and oxygen atoms in total. The summed E-state index contributed by atoms with van der Waals surface area (Å²) in [6, 6.07) is 11.3. The van der Waals surface area contributed by atoms with E-state index in [0.717, 1.165) is 16.0 Å². The second-order valence-electron chi connectivity index (χ2n) is 7.10. The lowest BCUT2D eigenvalue weighted by atomic mass is 10.1. The molecule has 1 N–H and O–H groups in total. The van der Waals surface area contributed by atoms with Crippen molar-refractivity contribution in [1.82, 2.24) is 14.5 Å². The molecule has 0 atom stereocenters. The number of aryl methyl sites for hydroxylation is 2. The maximum Gasteiger partial charge on any atom is 0.329 e. The molecule has 28 heavy (non-hydrogen) atoms. The Bertz CT molecular complexity index is 1110. The molecule has 0 saturated carbocycles. The Labute approximate surface area is 172 Å². The van der Waals surface area contributed by atoms with E-state index in [1.165, 1.54) is 16.3 Å². The Morgan fingerprint density at radius 2 is 1.82 bits per heavy atom. The molecule has 3 aromatic rings. The molecule has 0 amide bonds. The Kier molecular flexibility index (Phi) is 6.10. The van der Waals surface area contributed by atoms with Crippen LogP contribution >= 0.6 is 23.4 Å². The van der Waals surface area contributed by atoms with Crippen LogP contribution < -0.4 is 11.2 Å². The minimum absolute atomic E-state index is 0.0451. The first-order valence-corrected chi connectivity index (χ1v) is 10.2. The standard InChI is InChI=1S/C21H22ClN3O2S/c1-12(2)18-19(28-16-9-13(3)8-14(4)10-16)24-21(27)25(20(18)26)11-15-6-5-7-17(22)23-15/h5-10,12H,11H2,1-4H3,(H,24,27). The Morgan fingerprint density at radius 1 is 1.14 bits per heavy atom. The molecule has 1 aromatic carbocycles. The van der Waals surface area contributed by atoms with Crippen molar-refractivity contribution in [3.05, 3.63) is 84.8 Å². The Morgan fingerprint density at radius 3 is 2.43 bits per heavy atom. The first-order chi connectivity index (χ1) is 13.2. The zero-order chi connectivity index (χ0) is 20.4. The molecular formula is C21H22ClN3O2S. The van der Waals surface area contributed by atoms with E-state index in [4.69, 9.17) is 11.6 Å². The van der Waals surface area contributed by atoms with E-state index in [-0.39, 0.29) is 18.0 Å². The van der Waals surface area contributed by atoms with Gasteiger partial charge in [0.1, 0.15) is 5.15 Å². The highest BCUT2D eigenvalue weighted by Gasteiger charge is 2.18. The molecule has 0 aliphatic carbocycles. The van der Waals surface area contributed by atoms with E-state index >= 15 is 0 Å². The van der Waals surface area contributed by atoms with Gasteiger partial charge in [0.25, 0.3) is 5.56 Å². The molecule has 0 fully saturated rings. The van der Waals surface area contributed by atoms with E-state index in [2.05, 4.69) is 16.0 Å². The van der Waals surface area contributed by atoms with Crippen molar-refractivity contribution in [3.8, 4) is 0 Å². The van der Waals surface area contributed by atoms with Crippen molar-refractivity contribution in [1.29, 1.82) is 0 Å². The van der Waals surface area contributed by atoms with Crippen molar-refractivity contribution >= 4 is 23.4 Å². The van der Waals surface area contributed by atoms with E-state index in [0.29, 0.717) is 21.4 Å². The second kappa shape index (κ2) is 8.37. The van der Waals surface area contributed by atoms with Crippen LogP contribution in [-0.4, -0.2) is 14.5 Å². The van der Waals surface area contributed by atoms with Crippen molar-refractivity contribution in [3.63, 3.8) is 0 Å². The third kappa shape index (κ3) is 4.56. The predicted molar refractivity (Wildman–Crippen MR) is 114 cm³/mol. The maximum absolute atomic E-state index is 13.1. The van der Waals surface area contributed by atoms with Crippen molar-refractivity contribution in [2.24, 2.45) is 0 Å². The molecule has 0 aliphatic rings. The number of aromatic amines is 1. The molecule has 146 valence electrons. The van der Waals surface area contributed by atoms with E-state index in [1.54, 1.807) is 18.2 Å². The number of rotatable bonds is 5. The normalized spacial score (nSPS) is 11.2. The number of hydrogen-bond acceptors (Lipinski definition) is 4. The number of pyridine rings is 1. The summed E-state index contributed by atoms with van der Waals surface area (Å²) in [5, 5.41) is 0.915. The van der Waals surface area contributed by atoms with Gasteiger partial charge in [0.15, 0.2) is 0 Å². The van der Waals surface area contributed by atoms with Crippen LogP contribution in [-0.2, 0) is 6.54 Å². The first-order valence-electron chi connectivity index (χ1n) is 8.99. The van der Waals surface area contributed by atoms with E-state index < -0.39 is 5.69 Å². The highest BCUT2D eigenvalue weighted by molar-refractivity contribution is 7.99. The number of nitrogens with one attached hydrogen (secondary N) is 1. The number of aromatic nitrogens is 3. The third-order valence-corrected chi connectivity index (χ3v) is 5.48. The highest BCUT2D eigenvalue weighted by atomic mass is 35.5. The Hall–Kier alpha value is -2.31. The number of nitrogens with zero attached hydrogens (tertiary/aromatic N) is 2. The third-order valence-electron chi connectivity index (χ3n) is 4.27. The van der Waals surface area contributed by atoms with Crippen LogP contribution in [0.2, 0.25) is 5.15 Å². The summed E-state index contributed by atoms with van der Waals surface area (Å²) in [6.07, 6.45) is 0. The molecule has 2 aromatic heterocycles.